The zero-order valence-corrected chi connectivity index (χ0v) is 16.6. The second-order valence-corrected chi connectivity index (χ2v) is 7.62. The standard InChI is InChI=1S/C22H27N3O3/c1-27-18-8-5-7-17(20(18)28-2)15-24-13-6-10-22(21(24)26)11-14-25(16-22)19-9-3-4-12-23-19/h3-5,7-9,12H,6,10-11,13-16H2,1-2H3. The molecule has 6 nitrogen and oxygen atoms in total. The molecule has 2 fully saturated rings. The number of ether oxygens (including phenoxy) is 2. The van der Waals surface area contributed by atoms with Gasteiger partial charge in [-0.2, -0.15) is 0 Å². The molecule has 0 saturated carbocycles. The molecule has 28 heavy (non-hydrogen) atoms. The number of benzene rings is 1. The van der Waals surface area contributed by atoms with Gasteiger partial charge in [-0.05, 0) is 37.5 Å². The summed E-state index contributed by atoms with van der Waals surface area (Å²) in [5.41, 5.74) is 0.675. The van der Waals surface area contributed by atoms with Crippen molar-refractivity contribution in [3.05, 3.63) is 48.2 Å². The number of carbonyl (C=O) groups excluding carboxylic acids is 1. The SMILES string of the molecule is COc1cccc(CN2CCCC3(CCN(c4ccccn4)C3)C2=O)c1OC. The van der Waals surface area contributed by atoms with E-state index in [1.807, 2.05) is 47.5 Å². The van der Waals surface area contributed by atoms with Crippen LogP contribution in [0.1, 0.15) is 24.8 Å². The number of piperidine rings is 1. The van der Waals surface area contributed by atoms with Gasteiger partial charge in [-0.3, -0.25) is 4.79 Å². The lowest BCUT2D eigenvalue weighted by atomic mass is 9.78. The molecule has 2 aliphatic rings. The third kappa shape index (κ3) is 3.28. The lowest BCUT2D eigenvalue weighted by molar-refractivity contribution is -0.145. The van der Waals surface area contributed by atoms with Crippen molar-refractivity contribution in [2.45, 2.75) is 25.8 Å². The van der Waals surface area contributed by atoms with Crippen molar-refractivity contribution < 1.29 is 14.3 Å². The summed E-state index contributed by atoms with van der Waals surface area (Å²) in [7, 11) is 3.27. The van der Waals surface area contributed by atoms with E-state index in [4.69, 9.17) is 9.47 Å². The minimum Gasteiger partial charge on any atom is -0.493 e. The number of likely N-dealkylation sites (tertiary alicyclic amines) is 1. The van der Waals surface area contributed by atoms with E-state index in [2.05, 4.69) is 9.88 Å². The van der Waals surface area contributed by atoms with Crippen molar-refractivity contribution in [1.82, 2.24) is 9.88 Å². The van der Waals surface area contributed by atoms with Crippen LogP contribution in [0.25, 0.3) is 0 Å². The minimum atomic E-state index is -0.304. The zero-order valence-electron chi connectivity index (χ0n) is 16.6. The lowest BCUT2D eigenvalue weighted by Crippen LogP contribution is -2.49. The van der Waals surface area contributed by atoms with E-state index >= 15 is 0 Å². The molecule has 2 aromatic rings. The van der Waals surface area contributed by atoms with Crippen molar-refractivity contribution in [2.24, 2.45) is 5.41 Å². The third-order valence-corrected chi connectivity index (χ3v) is 6.00. The third-order valence-electron chi connectivity index (χ3n) is 6.00. The summed E-state index contributed by atoms with van der Waals surface area (Å²) in [6.45, 7) is 2.95. The number of pyridine rings is 1. The molecular weight excluding hydrogens is 354 g/mol. The summed E-state index contributed by atoms with van der Waals surface area (Å²) >= 11 is 0. The van der Waals surface area contributed by atoms with Gasteiger partial charge in [0.2, 0.25) is 5.91 Å². The molecule has 2 aliphatic heterocycles. The van der Waals surface area contributed by atoms with Crippen LogP contribution in [-0.2, 0) is 11.3 Å². The van der Waals surface area contributed by atoms with Crippen molar-refractivity contribution in [3.63, 3.8) is 0 Å². The van der Waals surface area contributed by atoms with Crippen molar-refractivity contribution in [2.75, 3.05) is 38.8 Å². The topological polar surface area (TPSA) is 54.9 Å². The Bertz CT molecular complexity index is 842. The highest BCUT2D eigenvalue weighted by Gasteiger charge is 2.48. The predicted molar refractivity (Wildman–Crippen MR) is 108 cm³/mol. The number of hydrogen-bond acceptors (Lipinski definition) is 5. The van der Waals surface area contributed by atoms with Gasteiger partial charge >= 0.3 is 0 Å². The van der Waals surface area contributed by atoms with Gasteiger partial charge in [-0.1, -0.05) is 18.2 Å². The number of hydrogen-bond donors (Lipinski definition) is 0. The molecule has 1 aromatic carbocycles. The maximum absolute atomic E-state index is 13.5. The fourth-order valence-corrected chi connectivity index (χ4v) is 4.57. The average Bonchev–Trinajstić information content (AvgIpc) is 3.17. The van der Waals surface area contributed by atoms with Crippen LogP contribution < -0.4 is 14.4 Å². The first-order valence-electron chi connectivity index (χ1n) is 9.82. The summed E-state index contributed by atoms with van der Waals surface area (Å²) < 4.78 is 11.0. The highest BCUT2D eigenvalue weighted by molar-refractivity contribution is 5.85. The van der Waals surface area contributed by atoms with Gasteiger partial charge in [0.25, 0.3) is 0 Å². The van der Waals surface area contributed by atoms with Crippen LogP contribution in [0.15, 0.2) is 42.6 Å². The molecule has 2 saturated heterocycles. The van der Waals surface area contributed by atoms with Crippen molar-refractivity contribution in [3.8, 4) is 11.5 Å². The van der Waals surface area contributed by atoms with Gasteiger partial charge in [0, 0.05) is 37.9 Å². The highest BCUT2D eigenvalue weighted by Crippen LogP contribution is 2.42. The summed E-state index contributed by atoms with van der Waals surface area (Å²) in [6.07, 6.45) is 4.66. The molecule has 1 atom stereocenters. The Morgan fingerprint density at radius 1 is 1.07 bits per heavy atom. The number of rotatable bonds is 5. The first kappa shape index (κ1) is 18.6. The molecule has 0 N–H and O–H groups in total. The lowest BCUT2D eigenvalue weighted by Gasteiger charge is -2.39. The van der Waals surface area contributed by atoms with E-state index in [1.165, 1.54) is 0 Å². The number of carbonyl (C=O) groups is 1. The zero-order chi connectivity index (χ0) is 19.6. The summed E-state index contributed by atoms with van der Waals surface area (Å²) in [5.74, 6) is 2.61. The fourth-order valence-electron chi connectivity index (χ4n) is 4.57. The Morgan fingerprint density at radius 2 is 1.96 bits per heavy atom. The molecule has 1 amide bonds. The Kier molecular flexibility index (Phi) is 5.11. The molecule has 0 aliphatic carbocycles. The maximum atomic E-state index is 13.5. The molecule has 0 radical (unpaired) electrons. The van der Waals surface area contributed by atoms with Crippen LogP contribution in [-0.4, -0.2) is 49.6 Å². The van der Waals surface area contributed by atoms with Gasteiger partial charge in [-0.15, -0.1) is 0 Å². The molecule has 0 bridgehead atoms. The second kappa shape index (κ2) is 7.70. The molecule has 3 heterocycles. The van der Waals surface area contributed by atoms with Crippen LogP contribution in [0.4, 0.5) is 5.82 Å². The molecule has 1 aromatic heterocycles. The Hall–Kier alpha value is -2.76. The van der Waals surface area contributed by atoms with Crippen molar-refractivity contribution in [1.29, 1.82) is 0 Å². The van der Waals surface area contributed by atoms with Crippen LogP contribution in [0.5, 0.6) is 11.5 Å². The highest BCUT2D eigenvalue weighted by atomic mass is 16.5. The van der Waals surface area contributed by atoms with Crippen LogP contribution in [0.2, 0.25) is 0 Å². The summed E-state index contributed by atoms with van der Waals surface area (Å²) in [6, 6.07) is 11.8. The quantitative estimate of drug-likeness (QED) is 0.797. The van der Waals surface area contributed by atoms with E-state index < -0.39 is 0 Å². The fraction of sp³-hybridized carbons (Fsp3) is 0.455. The van der Waals surface area contributed by atoms with Gasteiger partial charge in [-0.25, -0.2) is 4.98 Å². The normalized spacial score (nSPS) is 22.0. The van der Waals surface area contributed by atoms with E-state index in [1.54, 1.807) is 14.2 Å². The molecule has 1 unspecified atom stereocenters. The Balaban J connectivity index is 1.53. The molecule has 148 valence electrons. The first-order valence-corrected chi connectivity index (χ1v) is 9.82. The van der Waals surface area contributed by atoms with Gasteiger partial charge < -0.3 is 19.3 Å². The second-order valence-electron chi connectivity index (χ2n) is 7.62. The van der Waals surface area contributed by atoms with Crippen LogP contribution in [0, 0.1) is 5.41 Å². The maximum Gasteiger partial charge on any atom is 0.230 e. The number of methoxy groups -OCH3 is 2. The molecular formula is C22H27N3O3. The minimum absolute atomic E-state index is 0.252. The number of anilines is 1. The monoisotopic (exact) mass is 381 g/mol. The van der Waals surface area contributed by atoms with Gasteiger partial charge in [0.05, 0.1) is 19.6 Å². The average molecular weight is 381 g/mol. The number of para-hydroxylation sites is 1. The Morgan fingerprint density at radius 3 is 2.71 bits per heavy atom. The van der Waals surface area contributed by atoms with E-state index in [0.29, 0.717) is 18.0 Å². The van der Waals surface area contributed by atoms with Gasteiger partial charge in [0.15, 0.2) is 11.5 Å². The first-order chi connectivity index (χ1) is 13.7. The number of amides is 1. The summed E-state index contributed by atoms with van der Waals surface area (Å²) in [5, 5.41) is 0. The molecule has 4 rings (SSSR count). The smallest absolute Gasteiger partial charge is 0.230 e. The van der Waals surface area contributed by atoms with Crippen molar-refractivity contribution >= 4 is 11.7 Å². The number of nitrogens with zero attached hydrogens (tertiary/aromatic N) is 3. The van der Waals surface area contributed by atoms with Gasteiger partial charge in [0.1, 0.15) is 5.82 Å². The number of aromatic nitrogens is 1. The predicted octanol–water partition coefficient (Wildman–Crippen LogP) is 3.12. The molecule has 6 heteroatoms. The van der Waals surface area contributed by atoms with E-state index in [0.717, 1.165) is 50.3 Å². The Labute approximate surface area is 166 Å². The summed E-state index contributed by atoms with van der Waals surface area (Å²) in [4.78, 5) is 22.2. The van der Waals surface area contributed by atoms with Crippen LogP contribution >= 0.6 is 0 Å². The van der Waals surface area contributed by atoms with E-state index in [9.17, 15) is 4.79 Å². The van der Waals surface area contributed by atoms with E-state index in [-0.39, 0.29) is 11.3 Å². The largest absolute Gasteiger partial charge is 0.493 e. The molecule has 1 spiro atoms. The van der Waals surface area contributed by atoms with Crippen LogP contribution in [0.3, 0.4) is 0 Å².